The number of rotatable bonds is 3. The lowest BCUT2D eigenvalue weighted by atomic mass is 10.2. The number of nitrogen functional groups attached to an aromatic ring is 1. The van der Waals surface area contributed by atoms with Gasteiger partial charge in [-0.3, -0.25) is 0 Å². The van der Waals surface area contributed by atoms with Crippen molar-refractivity contribution in [2.75, 3.05) is 11.1 Å². The summed E-state index contributed by atoms with van der Waals surface area (Å²) in [5.74, 6) is -0.0360. The Bertz CT molecular complexity index is 523. The molecule has 0 aliphatic carbocycles. The summed E-state index contributed by atoms with van der Waals surface area (Å²) in [6.45, 7) is 0.414. The van der Waals surface area contributed by atoms with Crippen LogP contribution in [0, 0.1) is 0 Å². The van der Waals surface area contributed by atoms with E-state index in [0.717, 1.165) is 17.7 Å². The molecule has 0 amide bonds. The molecule has 18 heavy (non-hydrogen) atoms. The summed E-state index contributed by atoms with van der Waals surface area (Å²) >= 11 is 1.52. The van der Waals surface area contributed by atoms with Crippen LogP contribution in [-0.4, -0.2) is 4.98 Å². The van der Waals surface area contributed by atoms with Crippen molar-refractivity contribution in [2.45, 2.75) is 12.7 Å². The first-order valence-electron chi connectivity index (χ1n) is 5.05. The largest absolute Gasteiger partial charge is 0.416 e. The van der Waals surface area contributed by atoms with E-state index in [-0.39, 0.29) is 11.6 Å². The standard InChI is InChI=1S/C11H10F3N3S/c12-11(13,14)8-3-9(15)17-10(4-8)16-5-7-1-2-18-6-7/h1-4,6H,5H2,(H3,15,16,17). The average molecular weight is 273 g/mol. The molecule has 0 saturated heterocycles. The third-order valence-electron chi connectivity index (χ3n) is 2.23. The predicted octanol–water partition coefficient (Wildman–Crippen LogP) is 3.36. The molecular formula is C11H10F3N3S. The van der Waals surface area contributed by atoms with Crippen LogP contribution >= 0.6 is 11.3 Å². The van der Waals surface area contributed by atoms with E-state index >= 15 is 0 Å². The fraction of sp³-hybridized carbons (Fsp3) is 0.182. The van der Waals surface area contributed by atoms with Crippen LogP contribution in [-0.2, 0) is 12.7 Å². The van der Waals surface area contributed by atoms with Gasteiger partial charge < -0.3 is 11.1 Å². The number of hydrogen-bond acceptors (Lipinski definition) is 4. The fourth-order valence-corrected chi connectivity index (χ4v) is 2.06. The van der Waals surface area contributed by atoms with Gasteiger partial charge >= 0.3 is 6.18 Å². The van der Waals surface area contributed by atoms with Gasteiger partial charge in [0.1, 0.15) is 11.6 Å². The minimum Gasteiger partial charge on any atom is -0.384 e. The maximum atomic E-state index is 12.6. The number of halogens is 3. The highest BCUT2D eigenvalue weighted by molar-refractivity contribution is 7.07. The second-order valence-electron chi connectivity index (χ2n) is 3.65. The van der Waals surface area contributed by atoms with E-state index in [1.54, 1.807) is 0 Å². The summed E-state index contributed by atoms with van der Waals surface area (Å²) in [5, 5.41) is 6.62. The molecule has 0 aliphatic heterocycles. The number of thiophene rings is 1. The van der Waals surface area contributed by atoms with E-state index in [1.807, 2.05) is 16.8 Å². The second kappa shape index (κ2) is 4.85. The Labute approximate surface area is 105 Å². The van der Waals surface area contributed by atoms with Crippen molar-refractivity contribution in [3.05, 3.63) is 40.1 Å². The van der Waals surface area contributed by atoms with Crippen LogP contribution in [0.25, 0.3) is 0 Å². The van der Waals surface area contributed by atoms with Crippen molar-refractivity contribution in [3.8, 4) is 0 Å². The highest BCUT2D eigenvalue weighted by Crippen LogP contribution is 2.31. The van der Waals surface area contributed by atoms with Gasteiger partial charge in [0.2, 0.25) is 0 Å². The molecule has 3 N–H and O–H groups in total. The molecular weight excluding hydrogens is 263 g/mol. The van der Waals surface area contributed by atoms with Gasteiger partial charge in [0.15, 0.2) is 0 Å². The van der Waals surface area contributed by atoms with E-state index < -0.39 is 11.7 Å². The molecule has 0 bridgehead atoms. The molecule has 0 unspecified atom stereocenters. The number of alkyl halides is 3. The van der Waals surface area contributed by atoms with Crippen LogP contribution in [0.4, 0.5) is 24.8 Å². The molecule has 0 fully saturated rings. The Hall–Kier alpha value is -1.76. The molecule has 2 rings (SSSR count). The van der Waals surface area contributed by atoms with Crippen molar-refractivity contribution in [3.63, 3.8) is 0 Å². The van der Waals surface area contributed by atoms with E-state index in [4.69, 9.17) is 5.73 Å². The Balaban J connectivity index is 2.15. The molecule has 3 nitrogen and oxygen atoms in total. The number of nitrogens with zero attached hydrogens (tertiary/aromatic N) is 1. The number of nitrogens with two attached hydrogens (primary N) is 1. The van der Waals surface area contributed by atoms with E-state index in [1.165, 1.54) is 11.3 Å². The molecule has 0 spiro atoms. The summed E-state index contributed by atoms with van der Waals surface area (Å²) in [6, 6.07) is 3.65. The Kier molecular flexibility index (Phi) is 3.42. The zero-order valence-corrected chi connectivity index (χ0v) is 9.98. The van der Waals surface area contributed by atoms with Gasteiger partial charge in [-0.05, 0) is 34.5 Å². The van der Waals surface area contributed by atoms with Crippen LogP contribution in [0.15, 0.2) is 29.0 Å². The molecule has 2 heterocycles. The van der Waals surface area contributed by atoms with Crippen molar-refractivity contribution >= 4 is 23.0 Å². The van der Waals surface area contributed by atoms with Crippen molar-refractivity contribution in [1.29, 1.82) is 0 Å². The Morgan fingerprint density at radius 2 is 2.11 bits per heavy atom. The minimum absolute atomic E-state index is 0.119. The van der Waals surface area contributed by atoms with Gasteiger partial charge in [-0.2, -0.15) is 24.5 Å². The van der Waals surface area contributed by atoms with E-state index in [9.17, 15) is 13.2 Å². The molecule has 7 heteroatoms. The summed E-state index contributed by atoms with van der Waals surface area (Å²) in [5.41, 5.74) is 5.54. The minimum atomic E-state index is -4.42. The van der Waals surface area contributed by atoms with E-state index in [0.29, 0.717) is 6.54 Å². The lowest BCUT2D eigenvalue weighted by Crippen LogP contribution is -2.09. The first kappa shape index (κ1) is 12.7. The molecule has 96 valence electrons. The van der Waals surface area contributed by atoms with E-state index in [2.05, 4.69) is 10.3 Å². The lowest BCUT2D eigenvalue weighted by Gasteiger charge is -2.10. The molecule has 0 aromatic carbocycles. The van der Waals surface area contributed by atoms with Crippen LogP contribution in [0.1, 0.15) is 11.1 Å². The van der Waals surface area contributed by atoms with Crippen LogP contribution in [0.5, 0.6) is 0 Å². The number of aromatic nitrogens is 1. The third-order valence-corrected chi connectivity index (χ3v) is 2.96. The zero-order valence-electron chi connectivity index (χ0n) is 9.16. The Morgan fingerprint density at radius 3 is 2.72 bits per heavy atom. The van der Waals surface area contributed by atoms with Gasteiger partial charge in [0, 0.05) is 6.54 Å². The quantitative estimate of drug-likeness (QED) is 0.901. The lowest BCUT2D eigenvalue weighted by molar-refractivity contribution is -0.137. The summed E-state index contributed by atoms with van der Waals surface area (Å²) in [6.07, 6.45) is -4.42. The predicted molar refractivity (Wildman–Crippen MR) is 65.3 cm³/mol. The first-order chi connectivity index (χ1) is 8.45. The van der Waals surface area contributed by atoms with Gasteiger partial charge in [-0.25, -0.2) is 4.98 Å². The highest BCUT2D eigenvalue weighted by Gasteiger charge is 2.31. The van der Waals surface area contributed by atoms with Gasteiger partial charge in [-0.1, -0.05) is 0 Å². The first-order valence-corrected chi connectivity index (χ1v) is 5.99. The number of nitrogens with one attached hydrogen (secondary N) is 1. The maximum Gasteiger partial charge on any atom is 0.416 e. The topological polar surface area (TPSA) is 50.9 Å². The molecule has 0 radical (unpaired) electrons. The summed E-state index contributed by atoms with van der Waals surface area (Å²) in [7, 11) is 0. The van der Waals surface area contributed by atoms with Crippen molar-refractivity contribution in [1.82, 2.24) is 4.98 Å². The number of pyridine rings is 1. The average Bonchev–Trinajstić information content (AvgIpc) is 2.77. The Morgan fingerprint density at radius 1 is 1.33 bits per heavy atom. The molecule has 2 aromatic heterocycles. The summed E-state index contributed by atoms with van der Waals surface area (Å²) < 4.78 is 37.7. The molecule has 0 atom stereocenters. The third kappa shape index (κ3) is 3.13. The van der Waals surface area contributed by atoms with Crippen LogP contribution in [0.3, 0.4) is 0 Å². The fourth-order valence-electron chi connectivity index (χ4n) is 1.39. The highest BCUT2D eigenvalue weighted by atomic mass is 32.1. The monoisotopic (exact) mass is 273 g/mol. The van der Waals surface area contributed by atoms with Gasteiger partial charge in [-0.15, -0.1) is 0 Å². The normalized spacial score (nSPS) is 11.5. The number of anilines is 2. The van der Waals surface area contributed by atoms with Crippen molar-refractivity contribution < 1.29 is 13.2 Å². The van der Waals surface area contributed by atoms with Crippen molar-refractivity contribution in [2.24, 2.45) is 0 Å². The SMILES string of the molecule is Nc1cc(C(F)(F)F)cc(NCc2ccsc2)n1. The second-order valence-corrected chi connectivity index (χ2v) is 4.43. The summed E-state index contributed by atoms with van der Waals surface area (Å²) in [4.78, 5) is 3.82. The molecule has 0 aliphatic rings. The van der Waals surface area contributed by atoms with Crippen LogP contribution in [0.2, 0.25) is 0 Å². The maximum absolute atomic E-state index is 12.6. The zero-order chi connectivity index (χ0) is 13.2. The number of hydrogen-bond donors (Lipinski definition) is 2. The molecule has 2 aromatic rings. The van der Waals surface area contributed by atoms with Gasteiger partial charge in [0.05, 0.1) is 5.56 Å². The smallest absolute Gasteiger partial charge is 0.384 e. The van der Waals surface area contributed by atoms with Crippen LogP contribution < -0.4 is 11.1 Å². The van der Waals surface area contributed by atoms with Gasteiger partial charge in [0.25, 0.3) is 0 Å². The molecule has 0 saturated carbocycles.